The van der Waals surface area contributed by atoms with E-state index in [0.29, 0.717) is 6.54 Å². The molecule has 0 unspecified atom stereocenters. The molecular formula is C26H28FN3O. The van der Waals surface area contributed by atoms with E-state index in [1.54, 1.807) is 12.1 Å². The largest absolute Gasteiger partial charge is 0.378 e. The van der Waals surface area contributed by atoms with E-state index in [0.717, 1.165) is 24.2 Å². The number of hydrogen-bond acceptors (Lipinski definition) is 3. The number of para-hydroxylation sites is 1. The molecule has 0 radical (unpaired) electrons. The monoisotopic (exact) mass is 417 g/mol. The van der Waals surface area contributed by atoms with E-state index in [9.17, 15) is 9.18 Å². The SMILES string of the molecule is CN(C)c1ccc([C@@H](CNC(=O)Cc2ccc(F)cc2)N2CCc3ccccc32)cc1. The van der Waals surface area contributed by atoms with Crippen molar-refractivity contribution in [3.63, 3.8) is 0 Å². The molecule has 1 atom stereocenters. The van der Waals surface area contributed by atoms with Crippen LogP contribution >= 0.6 is 0 Å². The molecule has 0 bridgehead atoms. The predicted octanol–water partition coefficient (Wildman–Crippen LogP) is 4.35. The first-order valence-corrected chi connectivity index (χ1v) is 10.6. The summed E-state index contributed by atoms with van der Waals surface area (Å²) in [5, 5.41) is 3.10. The summed E-state index contributed by atoms with van der Waals surface area (Å²) >= 11 is 0. The van der Waals surface area contributed by atoms with Gasteiger partial charge in [-0.1, -0.05) is 42.5 Å². The van der Waals surface area contributed by atoms with Gasteiger partial charge < -0.3 is 15.1 Å². The maximum absolute atomic E-state index is 13.1. The first-order chi connectivity index (χ1) is 15.0. The van der Waals surface area contributed by atoms with Crippen molar-refractivity contribution < 1.29 is 9.18 Å². The van der Waals surface area contributed by atoms with Crippen LogP contribution in [0.25, 0.3) is 0 Å². The van der Waals surface area contributed by atoms with Crippen LogP contribution in [0.1, 0.15) is 22.7 Å². The number of rotatable bonds is 7. The maximum Gasteiger partial charge on any atom is 0.224 e. The predicted molar refractivity (Wildman–Crippen MR) is 124 cm³/mol. The Bertz CT molecular complexity index is 1030. The third-order valence-corrected chi connectivity index (χ3v) is 5.86. The minimum atomic E-state index is -0.293. The summed E-state index contributed by atoms with van der Waals surface area (Å²) in [4.78, 5) is 17.1. The average molecular weight is 418 g/mol. The fourth-order valence-corrected chi connectivity index (χ4v) is 4.15. The van der Waals surface area contributed by atoms with Gasteiger partial charge in [-0.2, -0.15) is 0 Å². The smallest absolute Gasteiger partial charge is 0.224 e. The van der Waals surface area contributed by atoms with Crippen molar-refractivity contribution >= 4 is 17.3 Å². The summed E-state index contributed by atoms with van der Waals surface area (Å²) in [6, 6.07) is 23.1. The van der Waals surface area contributed by atoms with Crippen LogP contribution in [0.3, 0.4) is 0 Å². The highest BCUT2D eigenvalue weighted by Gasteiger charge is 2.27. The van der Waals surface area contributed by atoms with Crippen LogP contribution in [0.4, 0.5) is 15.8 Å². The number of anilines is 2. The molecular weight excluding hydrogens is 389 g/mol. The molecule has 4 rings (SSSR count). The molecule has 0 saturated carbocycles. The van der Waals surface area contributed by atoms with Crippen LogP contribution in [0.15, 0.2) is 72.8 Å². The Hall–Kier alpha value is -3.34. The number of carbonyl (C=O) groups excluding carboxylic acids is 1. The molecule has 0 aromatic heterocycles. The molecule has 31 heavy (non-hydrogen) atoms. The van der Waals surface area contributed by atoms with Crippen LogP contribution in [-0.2, 0) is 17.6 Å². The second-order valence-corrected chi connectivity index (χ2v) is 8.18. The lowest BCUT2D eigenvalue weighted by Gasteiger charge is -2.31. The Labute approximate surface area is 183 Å². The Morgan fingerprint density at radius 1 is 1.03 bits per heavy atom. The van der Waals surface area contributed by atoms with Gasteiger partial charge in [0.05, 0.1) is 12.5 Å². The summed E-state index contributed by atoms with van der Waals surface area (Å²) in [5.41, 5.74) is 5.69. The molecule has 3 aromatic rings. The lowest BCUT2D eigenvalue weighted by molar-refractivity contribution is -0.120. The van der Waals surface area contributed by atoms with Gasteiger partial charge in [0, 0.05) is 38.6 Å². The van der Waals surface area contributed by atoms with E-state index in [4.69, 9.17) is 0 Å². The quantitative estimate of drug-likeness (QED) is 0.621. The molecule has 0 fully saturated rings. The van der Waals surface area contributed by atoms with Crippen LogP contribution in [-0.4, -0.2) is 33.1 Å². The number of fused-ring (bicyclic) bond motifs is 1. The van der Waals surface area contributed by atoms with Crippen LogP contribution in [0, 0.1) is 5.82 Å². The Balaban J connectivity index is 1.52. The Kier molecular flexibility index (Phi) is 6.21. The van der Waals surface area contributed by atoms with Crippen molar-refractivity contribution in [2.45, 2.75) is 18.9 Å². The molecule has 1 amide bonds. The van der Waals surface area contributed by atoms with Crippen molar-refractivity contribution in [1.82, 2.24) is 5.32 Å². The number of carbonyl (C=O) groups is 1. The summed E-state index contributed by atoms with van der Waals surface area (Å²) in [5.74, 6) is -0.355. The van der Waals surface area contributed by atoms with Crippen molar-refractivity contribution in [2.24, 2.45) is 0 Å². The average Bonchev–Trinajstić information content (AvgIpc) is 3.20. The van der Waals surface area contributed by atoms with Crippen LogP contribution in [0.2, 0.25) is 0 Å². The number of hydrogen-bond donors (Lipinski definition) is 1. The summed E-state index contributed by atoms with van der Waals surface area (Å²) in [7, 11) is 4.05. The van der Waals surface area contributed by atoms with Crippen molar-refractivity contribution in [2.75, 3.05) is 37.0 Å². The molecule has 160 valence electrons. The summed E-state index contributed by atoms with van der Waals surface area (Å²) in [6.45, 7) is 1.43. The van der Waals surface area contributed by atoms with Gasteiger partial charge in [0.15, 0.2) is 0 Å². The molecule has 1 heterocycles. The van der Waals surface area contributed by atoms with E-state index in [2.05, 4.69) is 63.6 Å². The summed E-state index contributed by atoms with van der Waals surface area (Å²) < 4.78 is 13.1. The van der Waals surface area contributed by atoms with E-state index >= 15 is 0 Å². The minimum Gasteiger partial charge on any atom is -0.378 e. The summed E-state index contributed by atoms with van der Waals surface area (Å²) in [6.07, 6.45) is 1.25. The zero-order valence-electron chi connectivity index (χ0n) is 18.0. The van der Waals surface area contributed by atoms with Gasteiger partial charge in [-0.3, -0.25) is 4.79 Å². The third kappa shape index (κ3) is 4.88. The number of amides is 1. The molecule has 0 aliphatic carbocycles. The van der Waals surface area contributed by atoms with Gasteiger partial charge in [0.1, 0.15) is 5.82 Å². The molecule has 5 heteroatoms. The molecule has 1 aliphatic heterocycles. The lowest BCUT2D eigenvalue weighted by atomic mass is 10.0. The van der Waals surface area contributed by atoms with Gasteiger partial charge >= 0.3 is 0 Å². The van der Waals surface area contributed by atoms with Crippen LogP contribution < -0.4 is 15.1 Å². The second-order valence-electron chi connectivity index (χ2n) is 8.18. The highest BCUT2D eigenvalue weighted by molar-refractivity contribution is 5.78. The van der Waals surface area contributed by atoms with Gasteiger partial charge in [-0.05, 0) is 53.4 Å². The lowest BCUT2D eigenvalue weighted by Crippen LogP contribution is -2.38. The fraction of sp³-hybridized carbons (Fsp3) is 0.269. The number of benzene rings is 3. The topological polar surface area (TPSA) is 35.6 Å². The number of halogens is 1. The van der Waals surface area contributed by atoms with Gasteiger partial charge in [-0.25, -0.2) is 4.39 Å². The van der Waals surface area contributed by atoms with E-state index < -0.39 is 0 Å². The number of nitrogens with zero attached hydrogens (tertiary/aromatic N) is 2. The highest BCUT2D eigenvalue weighted by atomic mass is 19.1. The standard InChI is InChI=1S/C26H28FN3O/c1-29(2)23-13-9-21(10-14-23)25(30-16-15-20-5-3-4-6-24(20)30)18-28-26(31)17-19-7-11-22(27)12-8-19/h3-14,25H,15-18H2,1-2H3,(H,28,31)/t25-/m1/s1. The normalized spacial score (nSPS) is 13.6. The third-order valence-electron chi connectivity index (χ3n) is 5.86. The van der Waals surface area contributed by atoms with Crippen molar-refractivity contribution in [3.8, 4) is 0 Å². The van der Waals surface area contributed by atoms with Gasteiger partial charge in [-0.15, -0.1) is 0 Å². The van der Waals surface area contributed by atoms with E-state index in [1.165, 1.54) is 28.9 Å². The van der Waals surface area contributed by atoms with Gasteiger partial charge in [0.2, 0.25) is 5.91 Å². The van der Waals surface area contributed by atoms with Crippen molar-refractivity contribution in [3.05, 3.63) is 95.3 Å². The molecule has 1 N–H and O–H groups in total. The first kappa shape index (κ1) is 20.9. The Morgan fingerprint density at radius 3 is 2.45 bits per heavy atom. The zero-order valence-corrected chi connectivity index (χ0v) is 18.0. The fourth-order valence-electron chi connectivity index (χ4n) is 4.15. The maximum atomic E-state index is 13.1. The minimum absolute atomic E-state index is 0.0389. The van der Waals surface area contributed by atoms with Crippen molar-refractivity contribution in [1.29, 1.82) is 0 Å². The van der Waals surface area contributed by atoms with Crippen LogP contribution in [0.5, 0.6) is 0 Å². The second kappa shape index (κ2) is 9.21. The molecule has 4 nitrogen and oxygen atoms in total. The van der Waals surface area contributed by atoms with E-state index in [-0.39, 0.29) is 24.2 Å². The first-order valence-electron chi connectivity index (χ1n) is 10.6. The highest BCUT2D eigenvalue weighted by Crippen LogP contribution is 2.35. The molecule has 0 spiro atoms. The molecule has 1 aliphatic rings. The molecule has 0 saturated heterocycles. The number of nitrogens with one attached hydrogen (secondary N) is 1. The zero-order chi connectivity index (χ0) is 21.8. The van der Waals surface area contributed by atoms with Gasteiger partial charge in [0.25, 0.3) is 0 Å². The van der Waals surface area contributed by atoms with E-state index in [1.807, 2.05) is 14.1 Å². The molecule has 3 aromatic carbocycles. The Morgan fingerprint density at radius 2 is 1.74 bits per heavy atom.